The minimum atomic E-state index is -0.512. The smallest absolute Gasteiger partial charge is 0.373 e. The molecule has 2 fully saturated rings. The van der Waals surface area contributed by atoms with Crippen molar-refractivity contribution < 1.29 is 18.7 Å². The van der Waals surface area contributed by atoms with Crippen molar-refractivity contribution in [3.8, 4) is 0 Å². The van der Waals surface area contributed by atoms with Gasteiger partial charge in [-0.1, -0.05) is 32.1 Å². The van der Waals surface area contributed by atoms with Gasteiger partial charge in [0.15, 0.2) is 0 Å². The molecule has 1 aliphatic carbocycles. The average Bonchev–Trinajstić information content (AvgIpc) is 3.34. The Morgan fingerprint density at radius 3 is 2.74 bits per heavy atom. The number of anilines is 1. The fourth-order valence-corrected chi connectivity index (χ4v) is 4.62. The summed E-state index contributed by atoms with van der Waals surface area (Å²) in [6.45, 7) is 0.905. The summed E-state index contributed by atoms with van der Waals surface area (Å²) in [5.41, 5.74) is 1.30. The molecule has 6 nitrogen and oxygen atoms in total. The number of nitrogens with one attached hydrogen (secondary N) is 2. The lowest BCUT2D eigenvalue weighted by molar-refractivity contribution is -0.119. The molecule has 2 unspecified atom stereocenters. The Bertz CT molecular complexity index is 838. The molecule has 1 aliphatic heterocycles. The Balaban J connectivity index is 1.47. The molecule has 6 heteroatoms. The van der Waals surface area contributed by atoms with Crippen LogP contribution in [0, 0.1) is 11.8 Å². The van der Waals surface area contributed by atoms with Gasteiger partial charge >= 0.3 is 5.97 Å². The summed E-state index contributed by atoms with van der Waals surface area (Å²) in [5, 5.41) is 7.19. The Kier molecular flexibility index (Phi) is 5.16. The van der Waals surface area contributed by atoms with Crippen LogP contribution in [0.3, 0.4) is 0 Å². The van der Waals surface area contributed by atoms with Crippen LogP contribution in [0.25, 0.3) is 11.0 Å². The Morgan fingerprint density at radius 1 is 1.15 bits per heavy atom. The van der Waals surface area contributed by atoms with Gasteiger partial charge in [-0.2, -0.15) is 0 Å². The quantitative estimate of drug-likeness (QED) is 0.802. The number of hydrogen-bond acceptors (Lipinski definition) is 5. The monoisotopic (exact) mass is 370 g/mol. The van der Waals surface area contributed by atoms with Crippen molar-refractivity contribution in [3.63, 3.8) is 0 Å². The molecule has 2 atom stereocenters. The molecule has 27 heavy (non-hydrogen) atoms. The number of fused-ring (bicyclic) bond motifs is 1. The maximum atomic E-state index is 12.9. The third-order valence-electron chi connectivity index (χ3n) is 5.98. The Morgan fingerprint density at radius 2 is 1.96 bits per heavy atom. The fraction of sp³-hybridized carbons (Fsp3) is 0.524. The van der Waals surface area contributed by atoms with Gasteiger partial charge in [-0.25, -0.2) is 4.79 Å². The SMILES string of the molecule is COC(=O)c1cc2cc(NC(=O)C3NCCC3C3CCCCC3)ccc2o1. The second kappa shape index (κ2) is 7.72. The summed E-state index contributed by atoms with van der Waals surface area (Å²) in [5.74, 6) is 0.754. The zero-order valence-corrected chi connectivity index (χ0v) is 15.6. The predicted molar refractivity (Wildman–Crippen MR) is 103 cm³/mol. The second-order valence-electron chi connectivity index (χ2n) is 7.63. The average molecular weight is 370 g/mol. The van der Waals surface area contributed by atoms with E-state index in [2.05, 4.69) is 15.4 Å². The first kappa shape index (κ1) is 18.0. The number of methoxy groups -OCH3 is 1. The largest absolute Gasteiger partial charge is 0.463 e. The van der Waals surface area contributed by atoms with E-state index in [4.69, 9.17) is 4.42 Å². The van der Waals surface area contributed by atoms with E-state index in [-0.39, 0.29) is 17.7 Å². The van der Waals surface area contributed by atoms with E-state index in [1.807, 2.05) is 6.07 Å². The van der Waals surface area contributed by atoms with Gasteiger partial charge in [0.2, 0.25) is 11.7 Å². The maximum absolute atomic E-state index is 12.9. The lowest BCUT2D eigenvalue weighted by Crippen LogP contribution is -2.42. The van der Waals surface area contributed by atoms with Crippen molar-refractivity contribution in [1.29, 1.82) is 0 Å². The van der Waals surface area contributed by atoms with Crippen molar-refractivity contribution in [2.75, 3.05) is 19.0 Å². The third-order valence-corrected chi connectivity index (χ3v) is 5.98. The summed E-state index contributed by atoms with van der Waals surface area (Å²) in [7, 11) is 1.32. The van der Waals surface area contributed by atoms with E-state index in [9.17, 15) is 9.59 Å². The normalized spacial score (nSPS) is 23.4. The molecule has 1 aromatic heterocycles. The molecule has 1 aromatic carbocycles. The molecular weight excluding hydrogens is 344 g/mol. The summed E-state index contributed by atoms with van der Waals surface area (Å²) in [6.07, 6.45) is 7.46. The van der Waals surface area contributed by atoms with Gasteiger partial charge in [0.05, 0.1) is 13.2 Å². The Labute approximate surface area is 158 Å². The zero-order chi connectivity index (χ0) is 18.8. The first-order chi connectivity index (χ1) is 13.2. The van der Waals surface area contributed by atoms with Crippen LogP contribution in [0.15, 0.2) is 28.7 Å². The minimum Gasteiger partial charge on any atom is -0.463 e. The van der Waals surface area contributed by atoms with E-state index in [0.29, 0.717) is 23.1 Å². The molecule has 2 aromatic rings. The highest BCUT2D eigenvalue weighted by atomic mass is 16.5. The topological polar surface area (TPSA) is 80.6 Å². The first-order valence-electron chi connectivity index (χ1n) is 9.82. The summed E-state index contributed by atoms with van der Waals surface area (Å²) >= 11 is 0. The van der Waals surface area contributed by atoms with E-state index in [1.54, 1.807) is 18.2 Å². The molecule has 2 aliphatic rings. The number of ether oxygens (including phenoxy) is 1. The van der Waals surface area contributed by atoms with Crippen molar-refractivity contribution in [2.45, 2.75) is 44.6 Å². The van der Waals surface area contributed by atoms with Crippen LogP contribution in [-0.4, -0.2) is 31.6 Å². The van der Waals surface area contributed by atoms with Crippen molar-refractivity contribution in [2.24, 2.45) is 11.8 Å². The predicted octanol–water partition coefficient (Wildman–Crippen LogP) is 3.72. The lowest BCUT2D eigenvalue weighted by Gasteiger charge is -2.30. The summed E-state index contributed by atoms with van der Waals surface area (Å²) in [6, 6.07) is 6.90. The van der Waals surface area contributed by atoms with Gasteiger partial charge < -0.3 is 19.8 Å². The highest BCUT2D eigenvalue weighted by Crippen LogP contribution is 2.36. The molecule has 2 heterocycles. The molecule has 0 spiro atoms. The number of benzene rings is 1. The van der Waals surface area contributed by atoms with Crippen LogP contribution in [0.5, 0.6) is 0 Å². The van der Waals surface area contributed by atoms with Crippen LogP contribution >= 0.6 is 0 Å². The van der Waals surface area contributed by atoms with Gasteiger partial charge in [0.1, 0.15) is 5.58 Å². The third kappa shape index (κ3) is 3.72. The molecule has 1 saturated carbocycles. The van der Waals surface area contributed by atoms with E-state index in [1.165, 1.54) is 39.2 Å². The number of furan rings is 1. The van der Waals surface area contributed by atoms with Gasteiger partial charge in [-0.05, 0) is 49.1 Å². The van der Waals surface area contributed by atoms with Crippen LogP contribution in [0.2, 0.25) is 0 Å². The van der Waals surface area contributed by atoms with E-state index < -0.39 is 5.97 Å². The van der Waals surface area contributed by atoms with Crippen molar-refractivity contribution in [3.05, 3.63) is 30.0 Å². The highest BCUT2D eigenvalue weighted by molar-refractivity contribution is 5.98. The molecular formula is C21H26N2O4. The molecule has 1 amide bonds. The van der Waals surface area contributed by atoms with E-state index in [0.717, 1.165) is 18.4 Å². The lowest BCUT2D eigenvalue weighted by atomic mass is 9.76. The van der Waals surface area contributed by atoms with E-state index >= 15 is 0 Å². The number of esters is 1. The van der Waals surface area contributed by atoms with Crippen LogP contribution in [0.1, 0.15) is 49.1 Å². The number of rotatable bonds is 4. The number of carbonyl (C=O) groups excluding carboxylic acids is 2. The maximum Gasteiger partial charge on any atom is 0.373 e. The zero-order valence-electron chi connectivity index (χ0n) is 15.6. The first-order valence-corrected chi connectivity index (χ1v) is 9.82. The highest BCUT2D eigenvalue weighted by Gasteiger charge is 2.38. The van der Waals surface area contributed by atoms with Gasteiger partial charge in [0, 0.05) is 11.1 Å². The molecule has 4 rings (SSSR count). The summed E-state index contributed by atoms with van der Waals surface area (Å²) in [4.78, 5) is 24.5. The molecule has 1 saturated heterocycles. The number of hydrogen-bond donors (Lipinski definition) is 2. The van der Waals surface area contributed by atoms with Crippen molar-refractivity contribution in [1.82, 2.24) is 5.32 Å². The molecule has 0 radical (unpaired) electrons. The van der Waals surface area contributed by atoms with Gasteiger partial charge in [-0.15, -0.1) is 0 Å². The Hall–Kier alpha value is -2.34. The van der Waals surface area contributed by atoms with Gasteiger partial charge in [-0.3, -0.25) is 4.79 Å². The summed E-state index contributed by atoms with van der Waals surface area (Å²) < 4.78 is 10.2. The fourth-order valence-electron chi connectivity index (χ4n) is 4.62. The van der Waals surface area contributed by atoms with Gasteiger partial charge in [0.25, 0.3) is 0 Å². The number of amides is 1. The number of carbonyl (C=O) groups is 2. The molecule has 2 N–H and O–H groups in total. The van der Waals surface area contributed by atoms with Crippen molar-refractivity contribution >= 4 is 28.5 Å². The minimum absolute atomic E-state index is 0.0270. The molecule has 144 valence electrons. The van der Waals surface area contributed by atoms with Crippen LogP contribution in [-0.2, 0) is 9.53 Å². The standard InChI is InChI=1S/C21H26N2O4/c1-26-21(25)18-12-14-11-15(7-8-17(14)27-18)23-20(24)19-16(9-10-22-19)13-5-3-2-4-6-13/h7-8,11-13,16,19,22H,2-6,9-10H2,1H3,(H,23,24). The van der Waals surface area contributed by atoms with Crippen LogP contribution < -0.4 is 10.6 Å². The van der Waals surface area contributed by atoms with Crippen LogP contribution in [0.4, 0.5) is 5.69 Å². The molecule has 0 bridgehead atoms. The second-order valence-corrected chi connectivity index (χ2v) is 7.63.